The molecule has 0 amide bonds. The summed E-state index contributed by atoms with van der Waals surface area (Å²) in [5.41, 5.74) is 0.506. The van der Waals surface area contributed by atoms with Crippen LogP contribution in [0.1, 0.15) is 27.2 Å². The van der Waals surface area contributed by atoms with Gasteiger partial charge in [0.05, 0.1) is 10.4 Å². The first-order valence-electron chi connectivity index (χ1n) is 3.76. The quantitative estimate of drug-likeness (QED) is 0.443. The van der Waals surface area contributed by atoms with E-state index in [2.05, 4.69) is 25.3 Å². The molecule has 0 bridgehead atoms. The summed E-state index contributed by atoms with van der Waals surface area (Å²) in [6.45, 7) is 8.41. The van der Waals surface area contributed by atoms with E-state index < -0.39 is 0 Å². The lowest BCUT2D eigenvalue weighted by atomic mass is 9.91. The van der Waals surface area contributed by atoms with Crippen LogP contribution in [0.3, 0.4) is 0 Å². The van der Waals surface area contributed by atoms with Crippen molar-refractivity contribution in [2.75, 3.05) is 6.54 Å². The fourth-order valence-electron chi connectivity index (χ4n) is 1.40. The Morgan fingerprint density at radius 2 is 2.11 bits per heavy atom. The molecule has 54 valence electrons. The summed E-state index contributed by atoms with van der Waals surface area (Å²) in [5.74, 6) is 0.898. The largest absolute Gasteiger partial charge is 0.327 e. The van der Waals surface area contributed by atoms with E-state index in [1.54, 1.807) is 0 Å². The van der Waals surface area contributed by atoms with Crippen LogP contribution in [0.4, 0.5) is 0 Å². The van der Waals surface area contributed by atoms with Crippen molar-refractivity contribution < 1.29 is 0 Å². The average Bonchev–Trinajstić information content (AvgIpc) is 1.96. The molecule has 1 atom stereocenters. The van der Waals surface area contributed by atoms with E-state index in [-0.39, 0.29) is 0 Å². The predicted molar refractivity (Wildman–Crippen MR) is 44.5 cm³/mol. The minimum absolute atomic E-state index is 0.506. The van der Waals surface area contributed by atoms with Crippen molar-refractivity contribution >= 4 is 10.4 Å². The van der Waals surface area contributed by atoms with Crippen LogP contribution in [-0.2, 0) is 0 Å². The Morgan fingerprint density at radius 3 is 2.22 bits per heavy atom. The SMILES string of the molecule is CC1CCN([SiH3])C1(C)C. The van der Waals surface area contributed by atoms with Crippen molar-refractivity contribution in [1.82, 2.24) is 4.57 Å². The molecule has 1 aliphatic rings. The lowest BCUT2D eigenvalue weighted by molar-refractivity contribution is 0.250. The first kappa shape index (κ1) is 7.29. The number of hydrogen-bond donors (Lipinski definition) is 0. The van der Waals surface area contributed by atoms with Gasteiger partial charge in [-0.25, -0.2) is 0 Å². The van der Waals surface area contributed by atoms with Gasteiger partial charge in [-0.2, -0.15) is 0 Å². The van der Waals surface area contributed by atoms with Gasteiger partial charge in [0, 0.05) is 5.54 Å². The first-order valence-corrected chi connectivity index (χ1v) is 4.66. The Bertz CT molecular complexity index is 99.5. The molecular weight excluding hydrogens is 126 g/mol. The third-order valence-corrected chi connectivity index (χ3v) is 4.69. The summed E-state index contributed by atoms with van der Waals surface area (Å²) in [7, 11) is 1.23. The van der Waals surface area contributed by atoms with Crippen LogP contribution < -0.4 is 0 Å². The molecule has 1 unspecified atom stereocenters. The molecule has 0 saturated carbocycles. The average molecular weight is 143 g/mol. The van der Waals surface area contributed by atoms with E-state index in [0.29, 0.717) is 5.54 Å². The Hall–Kier alpha value is 0.177. The minimum Gasteiger partial charge on any atom is -0.327 e. The number of rotatable bonds is 0. The predicted octanol–water partition coefficient (Wildman–Crippen LogP) is 0.387. The second-order valence-corrected chi connectivity index (χ2v) is 4.84. The molecule has 0 aliphatic carbocycles. The molecule has 9 heavy (non-hydrogen) atoms. The van der Waals surface area contributed by atoms with Gasteiger partial charge in [0.2, 0.25) is 0 Å². The summed E-state index contributed by atoms with van der Waals surface area (Å²) < 4.78 is 2.58. The molecule has 0 N–H and O–H groups in total. The van der Waals surface area contributed by atoms with E-state index in [9.17, 15) is 0 Å². The van der Waals surface area contributed by atoms with E-state index in [0.717, 1.165) is 5.92 Å². The Labute approximate surface area is 60.9 Å². The highest BCUT2D eigenvalue weighted by Crippen LogP contribution is 2.31. The highest BCUT2D eigenvalue weighted by molar-refractivity contribution is 6.05. The molecule has 1 fully saturated rings. The van der Waals surface area contributed by atoms with Crippen LogP contribution in [0, 0.1) is 5.92 Å². The number of nitrogens with zero attached hydrogens (tertiary/aromatic N) is 1. The van der Waals surface area contributed by atoms with Crippen LogP contribution in [0.2, 0.25) is 0 Å². The fraction of sp³-hybridized carbons (Fsp3) is 1.00. The normalized spacial score (nSPS) is 35.7. The Balaban J connectivity index is 2.66. The summed E-state index contributed by atoms with van der Waals surface area (Å²) in [6, 6.07) is 0. The van der Waals surface area contributed by atoms with Gasteiger partial charge in [-0.1, -0.05) is 6.92 Å². The maximum atomic E-state index is 2.58. The van der Waals surface area contributed by atoms with Crippen molar-refractivity contribution in [3.8, 4) is 0 Å². The molecule has 0 spiro atoms. The van der Waals surface area contributed by atoms with Gasteiger partial charge >= 0.3 is 0 Å². The third-order valence-electron chi connectivity index (χ3n) is 3.09. The van der Waals surface area contributed by atoms with Crippen molar-refractivity contribution in [2.24, 2.45) is 5.92 Å². The van der Waals surface area contributed by atoms with Gasteiger partial charge in [-0.3, -0.25) is 0 Å². The summed E-state index contributed by atoms with van der Waals surface area (Å²) in [6.07, 6.45) is 1.40. The van der Waals surface area contributed by atoms with Gasteiger partial charge in [0.1, 0.15) is 0 Å². The zero-order valence-electron chi connectivity index (χ0n) is 6.94. The fourth-order valence-corrected chi connectivity index (χ4v) is 2.10. The molecule has 0 aromatic rings. The second kappa shape index (κ2) is 2.10. The maximum absolute atomic E-state index is 2.58. The molecule has 0 aromatic carbocycles. The molecule has 1 nitrogen and oxygen atoms in total. The van der Waals surface area contributed by atoms with Crippen LogP contribution in [0.5, 0.6) is 0 Å². The van der Waals surface area contributed by atoms with E-state index in [4.69, 9.17) is 0 Å². The third kappa shape index (κ3) is 1.06. The van der Waals surface area contributed by atoms with E-state index in [1.807, 2.05) is 0 Å². The zero-order chi connectivity index (χ0) is 7.07. The molecular formula is C7H17NSi. The molecule has 1 saturated heterocycles. The van der Waals surface area contributed by atoms with Crippen LogP contribution in [0.25, 0.3) is 0 Å². The molecule has 1 rings (SSSR count). The molecule has 1 aliphatic heterocycles. The van der Waals surface area contributed by atoms with Crippen molar-refractivity contribution in [1.29, 1.82) is 0 Å². The summed E-state index contributed by atoms with van der Waals surface area (Å²) in [5, 5.41) is 0. The first-order chi connectivity index (χ1) is 4.05. The van der Waals surface area contributed by atoms with Crippen LogP contribution >= 0.6 is 0 Å². The van der Waals surface area contributed by atoms with Crippen LogP contribution in [0.15, 0.2) is 0 Å². The standard InChI is InChI=1S/C7H17NSi/c1-6-4-5-8(9)7(6,2)3/h6H,4-5H2,1-3,9H3. The molecule has 2 heteroatoms. The van der Waals surface area contributed by atoms with Crippen molar-refractivity contribution in [2.45, 2.75) is 32.7 Å². The Morgan fingerprint density at radius 1 is 1.56 bits per heavy atom. The van der Waals surface area contributed by atoms with E-state index >= 15 is 0 Å². The van der Waals surface area contributed by atoms with Crippen LogP contribution in [-0.4, -0.2) is 27.1 Å². The highest BCUT2D eigenvalue weighted by Gasteiger charge is 2.34. The summed E-state index contributed by atoms with van der Waals surface area (Å²) in [4.78, 5) is 0. The van der Waals surface area contributed by atoms with Gasteiger partial charge < -0.3 is 4.57 Å². The summed E-state index contributed by atoms with van der Waals surface area (Å²) >= 11 is 0. The van der Waals surface area contributed by atoms with Crippen molar-refractivity contribution in [3.05, 3.63) is 0 Å². The van der Waals surface area contributed by atoms with Gasteiger partial charge in [-0.15, -0.1) is 0 Å². The van der Waals surface area contributed by atoms with Gasteiger partial charge in [-0.05, 0) is 32.7 Å². The lowest BCUT2D eigenvalue weighted by Gasteiger charge is -2.31. The minimum atomic E-state index is 0.506. The van der Waals surface area contributed by atoms with Gasteiger partial charge in [0.25, 0.3) is 0 Å². The molecule has 1 heterocycles. The monoisotopic (exact) mass is 143 g/mol. The number of hydrogen-bond acceptors (Lipinski definition) is 1. The Kier molecular flexibility index (Phi) is 1.70. The second-order valence-electron chi connectivity index (χ2n) is 3.76. The zero-order valence-corrected chi connectivity index (χ0v) is 8.94. The van der Waals surface area contributed by atoms with Gasteiger partial charge in [0.15, 0.2) is 0 Å². The lowest BCUT2D eigenvalue weighted by Crippen LogP contribution is -2.39. The van der Waals surface area contributed by atoms with E-state index in [1.165, 1.54) is 23.4 Å². The highest BCUT2D eigenvalue weighted by atomic mass is 28.2. The van der Waals surface area contributed by atoms with Crippen molar-refractivity contribution in [3.63, 3.8) is 0 Å². The topological polar surface area (TPSA) is 3.24 Å². The molecule has 0 radical (unpaired) electrons. The smallest absolute Gasteiger partial charge is 0.0791 e. The maximum Gasteiger partial charge on any atom is 0.0791 e. The molecule has 0 aromatic heterocycles.